The standard InChI is InChI=1S/C17H14BrFN4O3S2/c18-11-4-5-12(13(19)10-11)17(24)22-6-8-23(9-7-22)28(25,26)15-3-1-2-14-16(15)21-27-20-14/h1-5,10H,6-9H2. The molecule has 0 atom stereocenters. The molecule has 1 fully saturated rings. The third kappa shape index (κ3) is 3.43. The molecule has 0 spiro atoms. The number of carbonyl (C=O) groups is 1. The first-order valence-corrected chi connectivity index (χ1v) is 11.3. The average molecular weight is 485 g/mol. The van der Waals surface area contributed by atoms with Crippen LogP contribution in [0.3, 0.4) is 0 Å². The molecule has 0 radical (unpaired) electrons. The van der Waals surface area contributed by atoms with Gasteiger partial charge in [-0.1, -0.05) is 22.0 Å². The number of piperazine rings is 1. The molecule has 7 nitrogen and oxygen atoms in total. The zero-order chi connectivity index (χ0) is 19.9. The number of sulfonamides is 1. The van der Waals surface area contributed by atoms with Gasteiger partial charge in [0.2, 0.25) is 10.0 Å². The lowest BCUT2D eigenvalue weighted by Gasteiger charge is -2.34. The first-order chi connectivity index (χ1) is 13.4. The molecular weight excluding hydrogens is 471 g/mol. The van der Waals surface area contributed by atoms with Gasteiger partial charge in [0, 0.05) is 30.7 Å². The predicted octanol–water partition coefficient (Wildman–Crippen LogP) is 2.74. The number of carbonyl (C=O) groups excluding carboxylic acids is 1. The van der Waals surface area contributed by atoms with Crippen LogP contribution in [0.2, 0.25) is 0 Å². The summed E-state index contributed by atoms with van der Waals surface area (Å²) in [5.74, 6) is -1.06. The van der Waals surface area contributed by atoms with E-state index < -0.39 is 21.7 Å². The third-order valence-electron chi connectivity index (χ3n) is 4.55. The minimum absolute atomic E-state index is 0.0298. The first-order valence-electron chi connectivity index (χ1n) is 8.34. The van der Waals surface area contributed by atoms with Gasteiger partial charge >= 0.3 is 0 Å². The Morgan fingerprint density at radius 1 is 1.11 bits per heavy atom. The van der Waals surface area contributed by atoms with Crippen LogP contribution in [-0.4, -0.2) is 58.5 Å². The lowest BCUT2D eigenvalue weighted by atomic mass is 10.1. The highest BCUT2D eigenvalue weighted by molar-refractivity contribution is 9.10. The summed E-state index contributed by atoms with van der Waals surface area (Å²) in [4.78, 5) is 14.2. The van der Waals surface area contributed by atoms with Gasteiger partial charge in [-0.3, -0.25) is 4.79 Å². The van der Waals surface area contributed by atoms with Crippen LogP contribution in [-0.2, 0) is 10.0 Å². The van der Waals surface area contributed by atoms with Crippen LogP contribution >= 0.6 is 27.7 Å². The largest absolute Gasteiger partial charge is 0.336 e. The molecule has 1 aliphatic heterocycles. The van der Waals surface area contributed by atoms with Gasteiger partial charge < -0.3 is 4.90 Å². The first kappa shape index (κ1) is 19.4. The number of halogens is 2. The van der Waals surface area contributed by atoms with Crippen LogP contribution in [0.5, 0.6) is 0 Å². The van der Waals surface area contributed by atoms with Gasteiger partial charge in [-0.15, -0.1) is 0 Å². The van der Waals surface area contributed by atoms with Crippen molar-refractivity contribution in [2.75, 3.05) is 26.2 Å². The van der Waals surface area contributed by atoms with E-state index in [1.807, 2.05) is 0 Å². The summed E-state index contributed by atoms with van der Waals surface area (Å²) >= 11 is 4.12. The van der Waals surface area contributed by atoms with E-state index in [1.54, 1.807) is 18.2 Å². The number of fused-ring (bicyclic) bond motifs is 1. The summed E-state index contributed by atoms with van der Waals surface area (Å²) < 4.78 is 50.2. The summed E-state index contributed by atoms with van der Waals surface area (Å²) in [5, 5.41) is 0. The van der Waals surface area contributed by atoms with Gasteiger partial charge in [-0.2, -0.15) is 13.1 Å². The second-order valence-electron chi connectivity index (χ2n) is 6.21. The fraction of sp³-hybridized carbons (Fsp3) is 0.235. The van der Waals surface area contributed by atoms with Gasteiger partial charge in [-0.25, -0.2) is 12.8 Å². The van der Waals surface area contributed by atoms with Gasteiger partial charge in [0.05, 0.1) is 17.3 Å². The maximum Gasteiger partial charge on any atom is 0.256 e. The molecule has 1 aromatic heterocycles. The predicted molar refractivity (Wildman–Crippen MR) is 106 cm³/mol. The van der Waals surface area contributed by atoms with Crippen molar-refractivity contribution in [3.8, 4) is 0 Å². The monoisotopic (exact) mass is 484 g/mol. The van der Waals surface area contributed by atoms with Crippen molar-refractivity contribution in [1.29, 1.82) is 0 Å². The molecule has 3 aromatic rings. The topological polar surface area (TPSA) is 83.5 Å². The van der Waals surface area contributed by atoms with Crippen molar-refractivity contribution in [3.63, 3.8) is 0 Å². The summed E-state index contributed by atoms with van der Waals surface area (Å²) in [5.41, 5.74) is 0.853. The zero-order valence-electron chi connectivity index (χ0n) is 14.4. The highest BCUT2D eigenvalue weighted by Crippen LogP contribution is 2.25. The average Bonchev–Trinajstić information content (AvgIpc) is 3.16. The molecular formula is C17H14BrFN4O3S2. The van der Waals surface area contributed by atoms with E-state index in [-0.39, 0.29) is 36.6 Å². The number of hydrogen-bond acceptors (Lipinski definition) is 6. The molecule has 2 heterocycles. The summed E-state index contributed by atoms with van der Waals surface area (Å²) in [6.07, 6.45) is 0. The molecule has 146 valence electrons. The van der Waals surface area contributed by atoms with Gasteiger partial charge in [0.15, 0.2) is 0 Å². The number of benzene rings is 2. The SMILES string of the molecule is O=C(c1ccc(Br)cc1F)N1CCN(S(=O)(=O)c2cccc3nsnc23)CC1. The second kappa shape index (κ2) is 7.47. The normalized spacial score (nSPS) is 15.9. The fourth-order valence-corrected chi connectivity index (χ4v) is 5.60. The highest BCUT2D eigenvalue weighted by Gasteiger charge is 2.32. The molecule has 0 N–H and O–H groups in total. The molecule has 1 aliphatic rings. The number of rotatable bonds is 3. The number of nitrogens with zero attached hydrogens (tertiary/aromatic N) is 4. The van der Waals surface area contributed by atoms with Crippen molar-refractivity contribution in [2.45, 2.75) is 4.90 Å². The molecule has 4 rings (SSSR count). The van der Waals surface area contributed by atoms with Gasteiger partial charge in [0.1, 0.15) is 21.7 Å². The zero-order valence-corrected chi connectivity index (χ0v) is 17.6. The molecule has 0 saturated carbocycles. The van der Waals surface area contributed by atoms with Crippen LogP contribution < -0.4 is 0 Å². The lowest BCUT2D eigenvalue weighted by molar-refractivity contribution is 0.0693. The van der Waals surface area contributed by atoms with Crippen molar-refractivity contribution < 1.29 is 17.6 Å². The Kier molecular flexibility index (Phi) is 5.17. The number of aromatic nitrogens is 2. The Balaban J connectivity index is 1.52. The van der Waals surface area contributed by atoms with Crippen LogP contribution in [0.4, 0.5) is 4.39 Å². The van der Waals surface area contributed by atoms with Crippen molar-refractivity contribution in [1.82, 2.24) is 18.0 Å². The molecule has 0 aliphatic carbocycles. The summed E-state index contributed by atoms with van der Waals surface area (Å²) in [6.45, 7) is 0.609. The van der Waals surface area contributed by atoms with E-state index in [9.17, 15) is 17.6 Å². The van der Waals surface area contributed by atoms with Crippen molar-refractivity contribution in [3.05, 3.63) is 52.3 Å². The van der Waals surface area contributed by atoms with E-state index in [2.05, 4.69) is 24.7 Å². The highest BCUT2D eigenvalue weighted by atomic mass is 79.9. The summed E-state index contributed by atoms with van der Waals surface area (Å²) in [6, 6.07) is 9.10. The van der Waals surface area contributed by atoms with Crippen LogP contribution in [0.15, 0.2) is 45.8 Å². The van der Waals surface area contributed by atoms with Gasteiger partial charge in [0.25, 0.3) is 5.91 Å². The van der Waals surface area contributed by atoms with Crippen LogP contribution in [0, 0.1) is 5.82 Å². The fourth-order valence-electron chi connectivity index (χ4n) is 3.09. The molecule has 2 aromatic carbocycles. The minimum Gasteiger partial charge on any atom is -0.336 e. The van der Waals surface area contributed by atoms with E-state index in [0.717, 1.165) is 11.7 Å². The molecule has 1 amide bonds. The molecule has 1 saturated heterocycles. The maximum atomic E-state index is 14.1. The van der Waals surface area contributed by atoms with E-state index >= 15 is 0 Å². The van der Waals surface area contributed by atoms with E-state index in [1.165, 1.54) is 27.4 Å². The Hall–Kier alpha value is -1.95. The molecule has 0 unspecified atom stereocenters. The van der Waals surface area contributed by atoms with E-state index in [4.69, 9.17) is 0 Å². The summed E-state index contributed by atoms with van der Waals surface area (Å²) in [7, 11) is -3.77. The van der Waals surface area contributed by atoms with Crippen LogP contribution in [0.1, 0.15) is 10.4 Å². The Labute approximate surface area is 173 Å². The minimum atomic E-state index is -3.77. The van der Waals surface area contributed by atoms with Crippen LogP contribution in [0.25, 0.3) is 11.0 Å². The Bertz CT molecular complexity index is 1160. The quantitative estimate of drug-likeness (QED) is 0.570. The van der Waals surface area contributed by atoms with Crippen molar-refractivity contribution in [2.24, 2.45) is 0 Å². The van der Waals surface area contributed by atoms with Crippen molar-refractivity contribution >= 4 is 54.6 Å². The third-order valence-corrected chi connectivity index (χ3v) is 7.52. The molecule has 11 heteroatoms. The number of hydrogen-bond donors (Lipinski definition) is 0. The second-order valence-corrected chi connectivity index (χ2v) is 9.56. The van der Waals surface area contributed by atoms with Gasteiger partial charge in [-0.05, 0) is 30.3 Å². The molecule has 0 bridgehead atoms. The Morgan fingerprint density at radius 2 is 1.86 bits per heavy atom. The Morgan fingerprint density at radius 3 is 2.57 bits per heavy atom. The molecule has 28 heavy (non-hydrogen) atoms. The number of amides is 1. The lowest BCUT2D eigenvalue weighted by Crippen LogP contribution is -2.50. The maximum absolute atomic E-state index is 14.1. The smallest absolute Gasteiger partial charge is 0.256 e. The van der Waals surface area contributed by atoms with E-state index in [0.29, 0.717) is 15.5 Å².